The van der Waals surface area contributed by atoms with Gasteiger partial charge in [0, 0.05) is 0 Å². The van der Waals surface area contributed by atoms with Crippen molar-refractivity contribution in [3.8, 4) is 5.75 Å². The lowest BCUT2D eigenvalue weighted by molar-refractivity contribution is -0.461. The summed E-state index contributed by atoms with van der Waals surface area (Å²) < 4.78 is 15.5. The number of ether oxygens (including phenoxy) is 3. The molecule has 0 radical (unpaired) electrons. The van der Waals surface area contributed by atoms with Gasteiger partial charge in [-0.1, -0.05) is 0 Å². The van der Waals surface area contributed by atoms with Crippen LogP contribution in [0.25, 0.3) is 0 Å². The Morgan fingerprint density at radius 3 is 2.67 bits per heavy atom. The topological polar surface area (TPSA) is 156 Å². The Kier molecular flexibility index (Phi) is 9.53. The van der Waals surface area contributed by atoms with Crippen LogP contribution < -0.4 is 4.74 Å². The zero-order chi connectivity index (χ0) is 21.9. The zero-order valence-corrected chi connectivity index (χ0v) is 16.2. The molecule has 1 aromatic rings. The van der Waals surface area contributed by atoms with Crippen molar-refractivity contribution < 1.29 is 48.3 Å². The molecule has 13 nitrogen and oxygen atoms in total. The summed E-state index contributed by atoms with van der Waals surface area (Å²) in [5, 5.41) is 20.6. The Bertz CT molecular complexity index is 736. The summed E-state index contributed by atoms with van der Waals surface area (Å²) in [5.41, 5.74) is -0.228. The van der Waals surface area contributed by atoms with E-state index in [-0.39, 0.29) is 56.5 Å². The Morgan fingerprint density at radius 2 is 2.00 bits per heavy atom. The van der Waals surface area contributed by atoms with Crippen LogP contribution in [-0.2, 0) is 40.2 Å². The number of benzene rings is 1. The number of carbonyl (C=O) groups is 2. The van der Waals surface area contributed by atoms with Crippen LogP contribution in [-0.4, -0.2) is 66.5 Å². The third-order valence-corrected chi connectivity index (χ3v) is 3.67. The lowest BCUT2D eigenvalue weighted by Gasteiger charge is -2.15. The minimum absolute atomic E-state index is 0.00877. The van der Waals surface area contributed by atoms with E-state index < -0.39 is 29.6 Å². The molecule has 0 saturated carbocycles. The molecule has 2 rings (SSSR count). The highest BCUT2D eigenvalue weighted by Gasteiger charge is 2.23. The van der Waals surface area contributed by atoms with Crippen molar-refractivity contribution in [3.05, 3.63) is 33.9 Å². The molecule has 30 heavy (non-hydrogen) atoms. The summed E-state index contributed by atoms with van der Waals surface area (Å²) >= 11 is 0. The Morgan fingerprint density at radius 1 is 1.27 bits per heavy atom. The van der Waals surface area contributed by atoms with E-state index in [1.54, 1.807) is 0 Å². The van der Waals surface area contributed by atoms with Gasteiger partial charge in [0.1, 0.15) is 24.4 Å². The summed E-state index contributed by atoms with van der Waals surface area (Å²) in [4.78, 5) is 48.2. The summed E-state index contributed by atoms with van der Waals surface area (Å²) in [6.45, 7) is 1.74. The largest absolute Gasteiger partial charge is 0.426 e. The molecule has 1 aromatic carbocycles. The highest BCUT2D eigenvalue weighted by Crippen LogP contribution is 2.25. The predicted octanol–water partition coefficient (Wildman–Crippen LogP) is 0.441. The van der Waals surface area contributed by atoms with Crippen LogP contribution in [0.15, 0.2) is 18.2 Å². The molecule has 1 unspecified atom stereocenters. The minimum atomic E-state index is -0.885. The third kappa shape index (κ3) is 7.62. The van der Waals surface area contributed by atoms with Crippen LogP contribution in [0.2, 0.25) is 0 Å². The first-order chi connectivity index (χ1) is 14.4. The number of carbonyl (C=O) groups excluding carboxylic acids is 2. The van der Waals surface area contributed by atoms with E-state index in [2.05, 4.69) is 0 Å². The maximum absolute atomic E-state index is 11.8. The van der Waals surface area contributed by atoms with Crippen molar-refractivity contribution in [3.63, 3.8) is 0 Å². The lowest BCUT2D eigenvalue weighted by atomic mass is 10.2. The molecule has 1 N–H and O–H groups in total. The first-order valence-corrected chi connectivity index (χ1v) is 8.96. The first kappa shape index (κ1) is 23.6. The van der Waals surface area contributed by atoms with Gasteiger partial charge in [-0.25, -0.2) is 14.5 Å². The number of hydrogen-bond acceptors (Lipinski definition) is 12. The fourth-order valence-electron chi connectivity index (χ4n) is 2.16. The van der Waals surface area contributed by atoms with Crippen LogP contribution in [0, 0.1) is 10.1 Å². The van der Waals surface area contributed by atoms with Gasteiger partial charge in [0.15, 0.2) is 6.10 Å². The third-order valence-electron chi connectivity index (χ3n) is 3.67. The number of aliphatic hydroxyl groups is 1. The number of aliphatic hydroxyl groups excluding tert-OH is 1. The van der Waals surface area contributed by atoms with Crippen LogP contribution in [0.3, 0.4) is 0 Å². The summed E-state index contributed by atoms with van der Waals surface area (Å²) in [6.07, 6.45) is -0.986. The summed E-state index contributed by atoms with van der Waals surface area (Å²) in [6, 6.07) is 3.73. The van der Waals surface area contributed by atoms with Crippen molar-refractivity contribution in [1.82, 2.24) is 5.39 Å². The van der Waals surface area contributed by atoms with Gasteiger partial charge in [-0.2, -0.15) is 0 Å². The second-order valence-electron chi connectivity index (χ2n) is 5.86. The van der Waals surface area contributed by atoms with E-state index in [1.807, 2.05) is 0 Å². The predicted molar refractivity (Wildman–Crippen MR) is 95.3 cm³/mol. The van der Waals surface area contributed by atoms with Crippen molar-refractivity contribution >= 4 is 17.6 Å². The molecule has 1 aliphatic rings. The van der Waals surface area contributed by atoms with Crippen LogP contribution in [0.4, 0.5) is 5.69 Å². The zero-order valence-electron chi connectivity index (χ0n) is 16.2. The maximum Gasteiger partial charge on any atom is 0.358 e. The molecular weight excluding hydrogens is 408 g/mol. The number of nitro groups is 1. The standard InChI is InChI=1S/C17H22N2O11/c1-12(17(22)30-19-27-8-9-28-19)26-7-6-25-5-4-16(21)29-14-3-2-13(11-20)15(10-14)18(23)24/h2-3,10,12,20H,4-9,11H2,1H3. The average molecular weight is 430 g/mol. The monoisotopic (exact) mass is 430 g/mol. The van der Waals surface area contributed by atoms with Crippen molar-refractivity contribution in [1.29, 1.82) is 0 Å². The molecule has 0 aromatic heterocycles. The van der Waals surface area contributed by atoms with Crippen LogP contribution in [0.1, 0.15) is 18.9 Å². The molecule has 1 atom stereocenters. The molecule has 166 valence electrons. The number of rotatable bonds is 12. The van der Waals surface area contributed by atoms with E-state index in [4.69, 9.17) is 33.8 Å². The van der Waals surface area contributed by atoms with Crippen molar-refractivity contribution in [2.24, 2.45) is 0 Å². The van der Waals surface area contributed by atoms with E-state index in [1.165, 1.54) is 19.1 Å². The molecule has 0 bridgehead atoms. The van der Waals surface area contributed by atoms with Gasteiger partial charge in [-0.05, 0) is 19.1 Å². The highest BCUT2D eigenvalue weighted by molar-refractivity contribution is 5.73. The van der Waals surface area contributed by atoms with Gasteiger partial charge in [0.2, 0.25) is 0 Å². The van der Waals surface area contributed by atoms with Gasteiger partial charge in [-0.15, -0.1) is 0 Å². The number of nitro benzene ring substituents is 1. The molecule has 1 aliphatic heterocycles. The SMILES string of the molecule is CC(OCCOCCC(=O)Oc1ccc(CO)c([N+](=O)[O-])c1)C(=O)ON1OCCO1. The second kappa shape index (κ2) is 12.1. The highest BCUT2D eigenvalue weighted by atomic mass is 17.2. The molecule has 0 aliphatic carbocycles. The quantitative estimate of drug-likeness (QED) is 0.161. The second-order valence-corrected chi connectivity index (χ2v) is 5.86. The molecular formula is C17H22N2O11. The van der Waals surface area contributed by atoms with Crippen LogP contribution >= 0.6 is 0 Å². The van der Waals surface area contributed by atoms with Crippen molar-refractivity contribution in [2.45, 2.75) is 26.1 Å². The molecule has 13 heteroatoms. The normalized spacial score (nSPS) is 15.0. The van der Waals surface area contributed by atoms with Gasteiger partial charge in [0.25, 0.3) is 5.69 Å². The average Bonchev–Trinajstić information content (AvgIpc) is 3.23. The smallest absolute Gasteiger partial charge is 0.358 e. The van der Waals surface area contributed by atoms with E-state index in [0.29, 0.717) is 5.39 Å². The number of hydrogen-bond donors (Lipinski definition) is 1. The van der Waals surface area contributed by atoms with E-state index in [9.17, 15) is 19.7 Å². The van der Waals surface area contributed by atoms with Crippen LogP contribution in [0.5, 0.6) is 5.75 Å². The molecule has 0 spiro atoms. The van der Waals surface area contributed by atoms with Gasteiger partial charge in [-0.3, -0.25) is 14.9 Å². The Labute approximate surface area is 171 Å². The fraction of sp³-hybridized carbons (Fsp3) is 0.529. The number of nitrogens with zero attached hydrogens (tertiary/aromatic N) is 2. The van der Waals surface area contributed by atoms with Gasteiger partial charge < -0.3 is 24.2 Å². The van der Waals surface area contributed by atoms with Crippen molar-refractivity contribution in [2.75, 3.05) is 33.0 Å². The molecule has 1 fully saturated rings. The Balaban J connectivity index is 1.60. The lowest BCUT2D eigenvalue weighted by Crippen LogP contribution is -2.31. The van der Waals surface area contributed by atoms with E-state index in [0.717, 1.165) is 6.07 Å². The molecule has 0 amide bonds. The maximum atomic E-state index is 11.8. The minimum Gasteiger partial charge on any atom is -0.426 e. The Hall–Kier alpha value is -2.68. The first-order valence-electron chi connectivity index (χ1n) is 8.96. The van der Waals surface area contributed by atoms with Gasteiger partial charge >= 0.3 is 11.9 Å². The number of esters is 1. The summed E-state index contributed by atoms with van der Waals surface area (Å²) in [7, 11) is 0. The summed E-state index contributed by atoms with van der Waals surface area (Å²) in [5.74, 6) is -1.36. The molecule has 1 heterocycles. The fourth-order valence-corrected chi connectivity index (χ4v) is 2.16. The van der Waals surface area contributed by atoms with Gasteiger partial charge in [0.05, 0.1) is 49.4 Å². The van der Waals surface area contributed by atoms with E-state index >= 15 is 0 Å². The molecule has 1 saturated heterocycles.